The number of carbonyl (C=O) groups is 2. The molecule has 3 N–H and O–H groups in total. The highest BCUT2D eigenvalue weighted by atomic mass is 16.5. The second-order valence-corrected chi connectivity index (χ2v) is 8.38. The normalized spacial score (nSPS) is 14.1. The van der Waals surface area contributed by atoms with Gasteiger partial charge in [-0.25, -0.2) is 9.78 Å². The number of aromatic amines is 1. The highest BCUT2D eigenvalue weighted by Crippen LogP contribution is 2.23. The Bertz CT molecular complexity index is 1220. The van der Waals surface area contributed by atoms with Crippen LogP contribution in [0, 0.1) is 0 Å². The molecule has 10 heteroatoms. The number of anilines is 2. The minimum atomic E-state index is -1.31. The van der Waals surface area contributed by atoms with Gasteiger partial charge in [-0.2, -0.15) is 0 Å². The van der Waals surface area contributed by atoms with Crippen molar-refractivity contribution in [2.24, 2.45) is 0 Å². The molecular formula is C25H27N5O5. The summed E-state index contributed by atoms with van der Waals surface area (Å²) in [6.45, 7) is 1.51. The first-order valence-corrected chi connectivity index (χ1v) is 11.3. The van der Waals surface area contributed by atoms with Crippen molar-refractivity contribution in [1.82, 2.24) is 14.9 Å². The summed E-state index contributed by atoms with van der Waals surface area (Å²) in [6, 6.07) is 16.9. The molecule has 2 heterocycles. The summed E-state index contributed by atoms with van der Waals surface area (Å²) in [5, 5.41) is 11.9. The Morgan fingerprint density at radius 1 is 1.11 bits per heavy atom. The SMILES string of the molecule is CN(CC(=O)Nc1ccc(Oc2ccccc2)cc1)C1CCN(c2ncc(C(=O)O)c(=O)[nH]2)CC1. The molecule has 0 radical (unpaired) electrons. The van der Waals surface area contributed by atoms with Crippen LogP contribution >= 0.6 is 0 Å². The van der Waals surface area contributed by atoms with E-state index in [-0.39, 0.29) is 24.1 Å². The third-order valence-corrected chi connectivity index (χ3v) is 5.91. The molecule has 0 spiro atoms. The third-order valence-electron chi connectivity index (χ3n) is 5.91. The van der Waals surface area contributed by atoms with Gasteiger partial charge in [0.05, 0.1) is 12.7 Å². The fourth-order valence-corrected chi connectivity index (χ4v) is 4.00. The van der Waals surface area contributed by atoms with Crippen molar-refractivity contribution in [2.75, 3.05) is 36.9 Å². The molecule has 0 atom stereocenters. The number of piperidine rings is 1. The molecule has 3 aromatic rings. The molecule has 0 aliphatic carbocycles. The molecule has 1 aliphatic heterocycles. The van der Waals surface area contributed by atoms with Crippen molar-refractivity contribution in [3.63, 3.8) is 0 Å². The number of aromatic carboxylic acids is 1. The Morgan fingerprint density at radius 3 is 2.40 bits per heavy atom. The van der Waals surface area contributed by atoms with Crippen LogP contribution in [0.1, 0.15) is 23.2 Å². The van der Waals surface area contributed by atoms with Crippen LogP contribution in [0.4, 0.5) is 11.6 Å². The number of rotatable bonds is 8. The molecule has 1 aliphatic rings. The number of nitrogens with one attached hydrogen (secondary N) is 2. The zero-order valence-corrected chi connectivity index (χ0v) is 19.3. The first-order chi connectivity index (χ1) is 16.9. The molecule has 4 rings (SSSR count). The molecule has 2 aromatic carbocycles. The summed E-state index contributed by atoms with van der Waals surface area (Å²) in [4.78, 5) is 46.0. The number of carboxylic acids is 1. The first-order valence-electron chi connectivity index (χ1n) is 11.3. The van der Waals surface area contributed by atoms with Crippen LogP contribution in [0.15, 0.2) is 65.6 Å². The van der Waals surface area contributed by atoms with Crippen LogP contribution in [0.25, 0.3) is 0 Å². The number of carbonyl (C=O) groups excluding carboxylic acids is 1. The van der Waals surface area contributed by atoms with E-state index >= 15 is 0 Å². The summed E-state index contributed by atoms with van der Waals surface area (Å²) in [5.74, 6) is 0.378. The third kappa shape index (κ3) is 6.24. The van der Waals surface area contributed by atoms with Gasteiger partial charge in [0.25, 0.3) is 5.56 Å². The Hall–Kier alpha value is -4.18. The van der Waals surface area contributed by atoms with Crippen LogP contribution in [0.5, 0.6) is 11.5 Å². The Kier molecular flexibility index (Phi) is 7.41. The molecule has 0 bridgehead atoms. The molecule has 10 nitrogen and oxygen atoms in total. The van der Waals surface area contributed by atoms with Gasteiger partial charge in [0.15, 0.2) is 0 Å². The Balaban J connectivity index is 1.24. The fourth-order valence-electron chi connectivity index (χ4n) is 4.00. The van der Waals surface area contributed by atoms with Gasteiger partial charge in [0, 0.05) is 24.8 Å². The standard InChI is InChI=1S/C25H27N5O5/c1-29(18-11-13-30(14-12-18)25-26-15-21(24(33)34)23(32)28-25)16-22(31)27-17-7-9-20(10-8-17)35-19-5-3-2-4-6-19/h2-10,15,18H,11-14,16H2,1H3,(H,27,31)(H,33,34)(H,26,28,32). The minimum absolute atomic E-state index is 0.109. The average Bonchev–Trinajstić information content (AvgIpc) is 2.85. The van der Waals surface area contributed by atoms with Crippen LogP contribution in [-0.4, -0.2) is 64.6 Å². The van der Waals surface area contributed by atoms with E-state index in [0.29, 0.717) is 30.5 Å². The van der Waals surface area contributed by atoms with Crippen LogP contribution in [-0.2, 0) is 4.79 Å². The van der Waals surface area contributed by atoms with Crippen molar-refractivity contribution in [1.29, 1.82) is 0 Å². The van der Waals surface area contributed by atoms with Crippen LogP contribution < -0.4 is 20.5 Å². The fraction of sp³-hybridized carbons (Fsp3) is 0.280. The summed E-state index contributed by atoms with van der Waals surface area (Å²) >= 11 is 0. The largest absolute Gasteiger partial charge is 0.477 e. The smallest absolute Gasteiger partial charge is 0.342 e. The van der Waals surface area contributed by atoms with E-state index in [1.165, 1.54) is 0 Å². The zero-order valence-electron chi connectivity index (χ0n) is 19.3. The number of H-pyrrole nitrogens is 1. The quantitative estimate of drug-likeness (QED) is 0.452. The van der Waals surface area contributed by atoms with Crippen molar-refractivity contribution in [2.45, 2.75) is 18.9 Å². The van der Waals surface area contributed by atoms with Gasteiger partial charge in [-0.3, -0.25) is 19.5 Å². The summed E-state index contributed by atoms with van der Waals surface area (Å²) in [7, 11) is 1.92. The van der Waals surface area contributed by atoms with Crippen molar-refractivity contribution >= 4 is 23.5 Å². The van der Waals surface area contributed by atoms with Crippen LogP contribution in [0.3, 0.4) is 0 Å². The molecule has 0 saturated carbocycles. The molecule has 0 unspecified atom stereocenters. The predicted octanol–water partition coefficient (Wildman–Crippen LogP) is 2.80. The monoisotopic (exact) mass is 477 g/mol. The molecule has 35 heavy (non-hydrogen) atoms. The lowest BCUT2D eigenvalue weighted by Gasteiger charge is -2.36. The molecule has 1 aromatic heterocycles. The van der Waals surface area contributed by atoms with Gasteiger partial charge in [-0.05, 0) is 56.3 Å². The number of benzene rings is 2. The molecular weight excluding hydrogens is 450 g/mol. The summed E-state index contributed by atoms with van der Waals surface area (Å²) < 4.78 is 5.77. The first kappa shape index (κ1) is 24.0. The number of para-hydroxylation sites is 1. The van der Waals surface area contributed by atoms with Crippen molar-refractivity contribution in [3.05, 3.63) is 76.7 Å². The van der Waals surface area contributed by atoms with E-state index in [4.69, 9.17) is 9.84 Å². The number of likely N-dealkylation sites (N-methyl/N-ethyl adjacent to an activating group) is 1. The second-order valence-electron chi connectivity index (χ2n) is 8.38. The van der Waals surface area contributed by atoms with Gasteiger partial charge < -0.3 is 20.1 Å². The highest BCUT2D eigenvalue weighted by Gasteiger charge is 2.25. The molecule has 1 amide bonds. The van der Waals surface area contributed by atoms with Crippen molar-refractivity contribution in [3.8, 4) is 11.5 Å². The van der Waals surface area contributed by atoms with E-state index in [2.05, 4.69) is 15.3 Å². The molecule has 1 fully saturated rings. The summed E-state index contributed by atoms with van der Waals surface area (Å²) in [5.41, 5.74) is -0.357. The minimum Gasteiger partial charge on any atom is -0.477 e. The number of carboxylic acid groups (broad SMARTS) is 1. The Morgan fingerprint density at radius 2 is 1.77 bits per heavy atom. The summed E-state index contributed by atoms with van der Waals surface area (Å²) in [6.07, 6.45) is 2.64. The number of amides is 1. The Labute approximate surface area is 202 Å². The number of aromatic nitrogens is 2. The maximum absolute atomic E-state index is 12.6. The van der Waals surface area contributed by atoms with Crippen LogP contribution in [0.2, 0.25) is 0 Å². The van der Waals surface area contributed by atoms with E-state index < -0.39 is 11.5 Å². The van der Waals surface area contributed by atoms with E-state index in [1.54, 1.807) is 12.1 Å². The number of ether oxygens (including phenoxy) is 1. The number of hydrogen-bond acceptors (Lipinski definition) is 7. The number of nitrogens with zero attached hydrogens (tertiary/aromatic N) is 3. The van der Waals surface area contributed by atoms with Gasteiger partial charge in [0.2, 0.25) is 11.9 Å². The van der Waals surface area contributed by atoms with Gasteiger partial charge in [-0.15, -0.1) is 0 Å². The second kappa shape index (κ2) is 10.8. The lowest BCUT2D eigenvalue weighted by molar-refractivity contribution is -0.117. The van der Waals surface area contributed by atoms with Crippen molar-refractivity contribution < 1.29 is 19.4 Å². The van der Waals surface area contributed by atoms with Gasteiger partial charge in [-0.1, -0.05) is 18.2 Å². The topological polar surface area (TPSA) is 128 Å². The average molecular weight is 478 g/mol. The maximum Gasteiger partial charge on any atom is 0.342 e. The van der Waals surface area contributed by atoms with E-state index in [9.17, 15) is 14.4 Å². The van der Waals surface area contributed by atoms with Gasteiger partial charge in [0.1, 0.15) is 17.1 Å². The van der Waals surface area contributed by atoms with E-state index in [0.717, 1.165) is 24.8 Å². The lowest BCUT2D eigenvalue weighted by Crippen LogP contribution is -2.46. The van der Waals surface area contributed by atoms with E-state index in [1.807, 2.05) is 59.3 Å². The molecule has 182 valence electrons. The highest BCUT2D eigenvalue weighted by molar-refractivity contribution is 5.92. The lowest BCUT2D eigenvalue weighted by atomic mass is 10.0. The number of hydrogen-bond donors (Lipinski definition) is 3. The molecule has 1 saturated heterocycles. The predicted molar refractivity (Wildman–Crippen MR) is 131 cm³/mol. The zero-order chi connectivity index (χ0) is 24.8. The van der Waals surface area contributed by atoms with Gasteiger partial charge >= 0.3 is 5.97 Å². The maximum atomic E-state index is 12.6.